The van der Waals surface area contributed by atoms with Gasteiger partial charge in [0, 0.05) is 17.9 Å². The van der Waals surface area contributed by atoms with E-state index in [1.807, 2.05) is 13.8 Å². The monoisotopic (exact) mass is 264 g/mol. The van der Waals surface area contributed by atoms with Gasteiger partial charge in [0.2, 0.25) is 0 Å². The van der Waals surface area contributed by atoms with Crippen LogP contribution in [-0.2, 0) is 6.54 Å². The van der Waals surface area contributed by atoms with E-state index in [-0.39, 0.29) is 5.41 Å². The van der Waals surface area contributed by atoms with Gasteiger partial charge in [-0.05, 0) is 58.3 Å². The maximum Gasteiger partial charge on any atom is 0.337 e. The molecular formula is C15H24N2O2. The Balaban J connectivity index is 2.21. The first-order chi connectivity index (χ1) is 8.82. The van der Waals surface area contributed by atoms with Gasteiger partial charge in [0.1, 0.15) is 0 Å². The third-order valence-electron chi connectivity index (χ3n) is 4.54. The number of carbonyl (C=O) groups is 1. The van der Waals surface area contributed by atoms with Crippen molar-refractivity contribution >= 4 is 5.97 Å². The third kappa shape index (κ3) is 2.84. The molecule has 2 heterocycles. The van der Waals surface area contributed by atoms with Crippen LogP contribution in [0.2, 0.25) is 0 Å². The van der Waals surface area contributed by atoms with Crippen molar-refractivity contribution in [2.45, 2.75) is 40.2 Å². The van der Waals surface area contributed by atoms with Crippen LogP contribution < -0.4 is 0 Å². The van der Waals surface area contributed by atoms with E-state index >= 15 is 0 Å². The maximum absolute atomic E-state index is 11.2. The van der Waals surface area contributed by atoms with Gasteiger partial charge in [0.05, 0.1) is 5.56 Å². The highest BCUT2D eigenvalue weighted by atomic mass is 16.4. The predicted molar refractivity (Wildman–Crippen MR) is 75.7 cm³/mol. The molecule has 0 bridgehead atoms. The molecular weight excluding hydrogens is 240 g/mol. The van der Waals surface area contributed by atoms with Gasteiger partial charge in [-0.2, -0.15) is 0 Å². The van der Waals surface area contributed by atoms with Crippen molar-refractivity contribution in [3.8, 4) is 0 Å². The van der Waals surface area contributed by atoms with Crippen LogP contribution in [0, 0.1) is 19.3 Å². The van der Waals surface area contributed by atoms with Crippen LogP contribution in [0.5, 0.6) is 0 Å². The molecule has 0 atom stereocenters. The Hall–Kier alpha value is -1.29. The van der Waals surface area contributed by atoms with Crippen molar-refractivity contribution in [2.75, 3.05) is 20.1 Å². The van der Waals surface area contributed by atoms with Crippen LogP contribution in [0.25, 0.3) is 0 Å². The first kappa shape index (κ1) is 14.1. The molecule has 1 aliphatic rings. The smallest absolute Gasteiger partial charge is 0.337 e. The van der Waals surface area contributed by atoms with E-state index < -0.39 is 5.97 Å². The summed E-state index contributed by atoms with van der Waals surface area (Å²) in [5.41, 5.74) is 2.64. The number of hydrogen-bond donors (Lipinski definition) is 1. The molecule has 4 heteroatoms. The van der Waals surface area contributed by atoms with Crippen LogP contribution in [0.3, 0.4) is 0 Å². The summed E-state index contributed by atoms with van der Waals surface area (Å²) in [5, 5.41) is 9.19. The number of carboxylic acids is 1. The summed E-state index contributed by atoms with van der Waals surface area (Å²) < 4.78 is 2.18. The highest BCUT2D eigenvalue weighted by Gasteiger charge is 2.30. The molecule has 1 fully saturated rings. The van der Waals surface area contributed by atoms with Gasteiger partial charge in [0.25, 0.3) is 0 Å². The van der Waals surface area contributed by atoms with Crippen LogP contribution >= 0.6 is 0 Å². The Morgan fingerprint density at radius 1 is 1.37 bits per heavy atom. The lowest BCUT2D eigenvalue weighted by atomic mass is 9.80. The minimum Gasteiger partial charge on any atom is -0.478 e. The molecule has 0 unspecified atom stereocenters. The number of aryl methyl sites for hydroxylation is 1. The largest absolute Gasteiger partial charge is 0.478 e. The second-order valence-electron chi connectivity index (χ2n) is 6.29. The van der Waals surface area contributed by atoms with E-state index in [4.69, 9.17) is 0 Å². The normalized spacial score (nSPS) is 19.6. The average Bonchev–Trinajstić information content (AvgIpc) is 2.61. The van der Waals surface area contributed by atoms with Crippen molar-refractivity contribution in [1.29, 1.82) is 0 Å². The molecule has 1 aromatic rings. The lowest BCUT2D eigenvalue weighted by Crippen LogP contribution is -2.38. The van der Waals surface area contributed by atoms with E-state index in [1.165, 1.54) is 12.8 Å². The molecule has 19 heavy (non-hydrogen) atoms. The fourth-order valence-electron chi connectivity index (χ4n) is 2.96. The number of hydrogen-bond acceptors (Lipinski definition) is 2. The van der Waals surface area contributed by atoms with E-state index in [1.54, 1.807) is 6.07 Å². The first-order valence-electron chi connectivity index (χ1n) is 6.91. The average molecular weight is 264 g/mol. The number of nitrogens with zero attached hydrogens (tertiary/aromatic N) is 2. The summed E-state index contributed by atoms with van der Waals surface area (Å²) in [4.78, 5) is 13.5. The Kier molecular flexibility index (Phi) is 3.72. The van der Waals surface area contributed by atoms with Crippen LogP contribution in [0.4, 0.5) is 0 Å². The number of piperidine rings is 1. The van der Waals surface area contributed by atoms with Crippen molar-refractivity contribution in [1.82, 2.24) is 9.47 Å². The molecule has 1 N–H and O–H groups in total. The molecule has 1 aromatic heterocycles. The Labute approximate surface area is 115 Å². The Morgan fingerprint density at radius 3 is 2.42 bits per heavy atom. The topological polar surface area (TPSA) is 45.5 Å². The fourth-order valence-corrected chi connectivity index (χ4v) is 2.96. The zero-order chi connectivity index (χ0) is 14.2. The summed E-state index contributed by atoms with van der Waals surface area (Å²) in [6.45, 7) is 9.40. The van der Waals surface area contributed by atoms with Gasteiger partial charge in [-0.1, -0.05) is 6.92 Å². The van der Waals surface area contributed by atoms with Gasteiger partial charge in [0.15, 0.2) is 0 Å². The van der Waals surface area contributed by atoms with E-state index in [0.717, 1.165) is 31.0 Å². The summed E-state index contributed by atoms with van der Waals surface area (Å²) in [5.74, 6) is -0.826. The van der Waals surface area contributed by atoms with Crippen molar-refractivity contribution in [3.05, 3.63) is 23.0 Å². The Morgan fingerprint density at radius 2 is 1.95 bits per heavy atom. The second kappa shape index (κ2) is 5.00. The number of likely N-dealkylation sites (tertiary alicyclic amines) is 1. The van der Waals surface area contributed by atoms with Crippen LogP contribution in [-0.4, -0.2) is 40.7 Å². The molecule has 106 valence electrons. The van der Waals surface area contributed by atoms with Crippen molar-refractivity contribution < 1.29 is 9.90 Å². The lowest BCUT2D eigenvalue weighted by molar-refractivity contribution is 0.0695. The molecule has 4 nitrogen and oxygen atoms in total. The molecule has 0 radical (unpaired) electrons. The number of aromatic nitrogens is 1. The zero-order valence-electron chi connectivity index (χ0n) is 12.4. The molecule has 0 aliphatic carbocycles. The summed E-state index contributed by atoms with van der Waals surface area (Å²) in [6.07, 6.45) is 2.34. The van der Waals surface area contributed by atoms with Gasteiger partial charge >= 0.3 is 5.97 Å². The summed E-state index contributed by atoms with van der Waals surface area (Å²) >= 11 is 0. The quantitative estimate of drug-likeness (QED) is 0.912. The van der Waals surface area contributed by atoms with Gasteiger partial charge in [-0.15, -0.1) is 0 Å². The molecule has 0 spiro atoms. The third-order valence-corrected chi connectivity index (χ3v) is 4.54. The predicted octanol–water partition coefficient (Wildman–Crippen LogP) is 2.54. The van der Waals surface area contributed by atoms with E-state index in [9.17, 15) is 9.90 Å². The number of aromatic carboxylic acids is 1. The lowest BCUT2D eigenvalue weighted by Gasteiger charge is -2.38. The fraction of sp³-hybridized carbons (Fsp3) is 0.667. The molecule has 2 rings (SSSR count). The first-order valence-corrected chi connectivity index (χ1v) is 6.91. The molecule has 0 amide bonds. The number of rotatable bonds is 3. The second-order valence-corrected chi connectivity index (χ2v) is 6.29. The highest BCUT2D eigenvalue weighted by molar-refractivity contribution is 5.89. The van der Waals surface area contributed by atoms with Crippen molar-refractivity contribution in [2.24, 2.45) is 5.41 Å². The van der Waals surface area contributed by atoms with Crippen LogP contribution in [0.15, 0.2) is 6.07 Å². The van der Waals surface area contributed by atoms with Gasteiger partial charge in [-0.3, -0.25) is 0 Å². The highest BCUT2D eigenvalue weighted by Crippen LogP contribution is 2.33. The van der Waals surface area contributed by atoms with Gasteiger partial charge < -0.3 is 14.6 Å². The van der Waals surface area contributed by atoms with E-state index in [2.05, 4.69) is 23.4 Å². The summed E-state index contributed by atoms with van der Waals surface area (Å²) in [7, 11) is 2.16. The molecule has 0 saturated carbocycles. The number of carboxylic acid groups (broad SMARTS) is 1. The molecule has 1 saturated heterocycles. The zero-order valence-corrected chi connectivity index (χ0v) is 12.4. The molecule has 1 aliphatic heterocycles. The summed E-state index contributed by atoms with van der Waals surface area (Å²) in [6, 6.07) is 1.79. The molecule has 0 aromatic carbocycles. The SMILES string of the molecule is Cc1cc(C(=O)O)c(C)n1CC1(C)CCN(C)CC1. The van der Waals surface area contributed by atoms with Crippen LogP contribution in [0.1, 0.15) is 41.5 Å². The minimum atomic E-state index is -0.826. The van der Waals surface area contributed by atoms with E-state index in [0.29, 0.717) is 5.56 Å². The Bertz CT molecular complexity index is 483. The van der Waals surface area contributed by atoms with Gasteiger partial charge in [-0.25, -0.2) is 4.79 Å². The minimum absolute atomic E-state index is 0.275. The maximum atomic E-state index is 11.2. The van der Waals surface area contributed by atoms with Crippen molar-refractivity contribution in [3.63, 3.8) is 0 Å². The standard InChI is InChI=1S/C15H24N2O2/c1-11-9-13(14(18)19)12(2)17(11)10-15(3)5-7-16(4)8-6-15/h9H,5-8,10H2,1-4H3,(H,18,19).